The fourth-order valence-electron chi connectivity index (χ4n) is 11.8. The van der Waals surface area contributed by atoms with E-state index in [1.54, 1.807) is 0 Å². The third-order valence-corrected chi connectivity index (χ3v) is 17.4. The van der Waals surface area contributed by atoms with Gasteiger partial charge >= 0.3 is 17.9 Å². The van der Waals surface area contributed by atoms with E-state index in [4.69, 9.17) is 14.2 Å². The number of esters is 3. The topological polar surface area (TPSA) is 78.9 Å². The standard InChI is InChI=1S/C74H144O6/c1-4-7-10-13-16-19-22-24-26-28-30-32-34-36-37-39-40-42-44-46-48-50-52-55-58-61-64-67-73(76)79-70-71(69-78-72(75)66-63-60-57-54-21-18-15-12-9-6-3)80-74(77)68-65-62-59-56-53-51-49-47-45-43-41-38-35-33-31-29-27-25-23-20-17-14-11-8-5-2/h71H,4-70H2,1-3H3. The molecule has 1 atom stereocenters. The molecule has 0 rings (SSSR count). The molecule has 1 unspecified atom stereocenters. The van der Waals surface area contributed by atoms with Gasteiger partial charge in [0.25, 0.3) is 0 Å². The molecule has 0 saturated carbocycles. The number of ether oxygens (including phenoxy) is 3. The Kier molecular flexibility index (Phi) is 68.5. The summed E-state index contributed by atoms with van der Waals surface area (Å²) >= 11 is 0. The first-order valence-corrected chi connectivity index (χ1v) is 37.0. The van der Waals surface area contributed by atoms with E-state index in [-0.39, 0.29) is 31.1 Å². The van der Waals surface area contributed by atoms with Crippen LogP contribution in [0.25, 0.3) is 0 Å². The van der Waals surface area contributed by atoms with Gasteiger partial charge in [-0.05, 0) is 19.3 Å². The first-order chi connectivity index (χ1) is 39.5. The summed E-state index contributed by atoms with van der Waals surface area (Å²) in [6.45, 7) is 6.73. The molecule has 0 aliphatic carbocycles. The van der Waals surface area contributed by atoms with E-state index in [1.165, 1.54) is 340 Å². The molecule has 0 amide bonds. The largest absolute Gasteiger partial charge is 0.462 e. The number of carbonyl (C=O) groups is 3. The molecular weight excluding hydrogens is 985 g/mol. The maximum absolute atomic E-state index is 12.9. The number of hydrogen-bond donors (Lipinski definition) is 0. The molecule has 0 fully saturated rings. The Hall–Kier alpha value is -1.59. The molecule has 0 aromatic carbocycles. The van der Waals surface area contributed by atoms with Crippen molar-refractivity contribution < 1.29 is 28.6 Å². The van der Waals surface area contributed by atoms with Crippen LogP contribution in [0.3, 0.4) is 0 Å². The molecule has 6 heteroatoms. The molecule has 0 saturated heterocycles. The molecule has 0 radical (unpaired) electrons. The summed E-state index contributed by atoms with van der Waals surface area (Å²) in [6, 6.07) is 0. The third kappa shape index (κ3) is 67.2. The smallest absolute Gasteiger partial charge is 0.306 e. The maximum atomic E-state index is 12.9. The van der Waals surface area contributed by atoms with Crippen molar-refractivity contribution >= 4 is 17.9 Å². The van der Waals surface area contributed by atoms with E-state index in [2.05, 4.69) is 20.8 Å². The monoisotopic (exact) mass is 1130 g/mol. The molecule has 0 aliphatic rings. The van der Waals surface area contributed by atoms with Crippen LogP contribution in [0, 0.1) is 0 Å². The minimum Gasteiger partial charge on any atom is -0.462 e. The van der Waals surface area contributed by atoms with Crippen molar-refractivity contribution in [2.75, 3.05) is 13.2 Å². The van der Waals surface area contributed by atoms with E-state index < -0.39 is 6.10 Å². The second-order valence-corrected chi connectivity index (χ2v) is 25.6. The summed E-state index contributed by atoms with van der Waals surface area (Å²) in [5, 5.41) is 0. The molecular formula is C74H144O6. The average Bonchev–Trinajstić information content (AvgIpc) is 3.46. The van der Waals surface area contributed by atoms with Crippen molar-refractivity contribution in [3.63, 3.8) is 0 Å². The van der Waals surface area contributed by atoms with Crippen molar-refractivity contribution in [3.05, 3.63) is 0 Å². The Labute approximate surface area is 501 Å². The molecule has 0 heterocycles. The summed E-state index contributed by atoms with van der Waals surface area (Å²) in [5.74, 6) is -0.822. The van der Waals surface area contributed by atoms with Crippen molar-refractivity contribution in [1.82, 2.24) is 0 Å². The van der Waals surface area contributed by atoms with Crippen LogP contribution < -0.4 is 0 Å². The van der Waals surface area contributed by atoms with Gasteiger partial charge in [0.1, 0.15) is 13.2 Å². The van der Waals surface area contributed by atoms with Crippen molar-refractivity contribution in [3.8, 4) is 0 Å². The Morgan fingerprint density at radius 2 is 0.338 bits per heavy atom. The van der Waals surface area contributed by atoms with E-state index in [9.17, 15) is 14.4 Å². The van der Waals surface area contributed by atoms with Gasteiger partial charge in [-0.25, -0.2) is 0 Å². The summed E-state index contributed by atoms with van der Waals surface area (Å²) in [4.78, 5) is 38.4. The number of rotatable bonds is 70. The highest BCUT2D eigenvalue weighted by atomic mass is 16.6. The van der Waals surface area contributed by atoms with Crippen LogP contribution in [-0.2, 0) is 28.6 Å². The summed E-state index contributed by atoms with van der Waals surface area (Å²) in [6.07, 6.45) is 83.1. The summed E-state index contributed by atoms with van der Waals surface area (Å²) < 4.78 is 17.0. The normalized spacial score (nSPS) is 11.9. The quantitative estimate of drug-likeness (QED) is 0.0343. The Morgan fingerprint density at radius 3 is 0.500 bits per heavy atom. The minimum absolute atomic E-state index is 0.0604. The van der Waals surface area contributed by atoms with Gasteiger partial charge in [-0.1, -0.05) is 400 Å². The molecule has 476 valence electrons. The van der Waals surface area contributed by atoms with Crippen molar-refractivity contribution in [1.29, 1.82) is 0 Å². The first kappa shape index (κ1) is 78.4. The first-order valence-electron chi connectivity index (χ1n) is 37.0. The maximum Gasteiger partial charge on any atom is 0.306 e. The van der Waals surface area contributed by atoms with Gasteiger partial charge in [0.15, 0.2) is 6.10 Å². The summed E-state index contributed by atoms with van der Waals surface area (Å²) in [7, 11) is 0. The zero-order valence-corrected chi connectivity index (χ0v) is 54.9. The molecule has 0 aromatic heterocycles. The van der Waals surface area contributed by atoms with Crippen LogP contribution in [0.5, 0.6) is 0 Å². The Balaban J connectivity index is 4.08. The van der Waals surface area contributed by atoms with E-state index in [0.29, 0.717) is 19.3 Å². The number of carbonyl (C=O) groups excluding carboxylic acids is 3. The predicted molar refractivity (Wildman–Crippen MR) is 349 cm³/mol. The molecule has 0 bridgehead atoms. The minimum atomic E-state index is -0.763. The van der Waals surface area contributed by atoms with E-state index >= 15 is 0 Å². The van der Waals surface area contributed by atoms with Crippen molar-refractivity contribution in [2.45, 2.75) is 444 Å². The second-order valence-electron chi connectivity index (χ2n) is 25.6. The highest BCUT2D eigenvalue weighted by Gasteiger charge is 2.20. The lowest BCUT2D eigenvalue weighted by atomic mass is 10.0. The van der Waals surface area contributed by atoms with Crippen LogP contribution in [-0.4, -0.2) is 37.2 Å². The Morgan fingerprint density at radius 1 is 0.200 bits per heavy atom. The fourth-order valence-corrected chi connectivity index (χ4v) is 11.8. The van der Waals surface area contributed by atoms with Crippen LogP contribution >= 0.6 is 0 Å². The molecule has 0 spiro atoms. The predicted octanol–water partition coefficient (Wildman–Crippen LogP) is 25.4. The van der Waals surface area contributed by atoms with Gasteiger partial charge < -0.3 is 14.2 Å². The van der Waals surface area contributed by atoms with Gasteiger partial charge in [-0.15, -0.1) is 0 Å². The van der Waals surface area contributed by atoms with Gasteiger partial charge in [-0.3, -0.25) is 14.4 Å². The van der Waals surface area contributed by atoms with Gasteiger partial charge in [0.05, 0.1) is 0 Å². The molecule has 6 nitrogen and oxygen atoms in total. The zero-order valence-electron chi connectivity index (χ0n) is 54.9. The molecule has 0 aromatic rings. The second kappa shape index (κ2) is 69.9. The lowest BCUT2D eigenvalue weighted by Gasteiger charge is -2.18. The SMILES string of the molecule is CCCCCCCCCCCCCCCCCCCCCCCCCCCCCC(=O)OCC(COC(=O)CCCCCCCCCCCC)OC(=O)CCCCCCCCCCCCCCCCCCCCCCCCCCC. The highest BCUT2D eigenvalue weighted by molar-refractivity contribution is 5.71. The van der Waals surface area contributed by atoms with Crippen LogP contribution in [0.2, 0.25) is 0 Å². The van der Waals surface area contributed by atoms with E-state index in [0.717, 1.165) is 57.8 Å². The zero-order chi connectivity index (χ0) is 57.8. The van der Waals surface area contributed by atoms with Crippen LogP contribution in [0.15, 0.2) is 0 Å². The summed E-state index contributed by atoms with van der Waals surface area (Å²) in [5.41, 5.74) is 0. The lowest BCUT2D eigenvalue weighted by molar-refractivity contribution is -0.167. The van der Waals surface area contributed by atoms with Gasteiger partial charge in [0.2, 0.25) is 0 Å². The molecule has 0 N–H and O–H groups in total. The van der Waals surface area contributed by atoms with Crippen LogP contribution in [0.1, 0.15) is 438 Å². The van der Waals surface area contributed by atoms with E-state index in [1.807, 2.05) is 0 Å². The Bertz CT molecular complexity index is 1200. The van der Waals surface area contributed by atoms with Crippen molar-refractivity contribution in [2.24, 2.45) is 0 Å². The van der Waals surface area contributed by atoms with Gasteiger partial charge in [0, 0.05) is 19.3 Å². The third-order valence-electron chi connectivity index (χ3n) is 17.4. The molecule has 0 aliphatic heterocycles. The number of unbranched alkanes of at least 4 members (excludes halogenated alkanes) is 59. The molecule has 80 heavy (non-hydrogen) atoms. The fraction of sp³-hybridized carbons (Fsp3) is 0.959. The lowest BCUT2D eigenvalue weighted by Crippen LogP contribution is -2.30. The number of hydrogen-bond acceptors (Lipinski definition) is 6. The highest BCUT2D eigenvalue weighted by Crippen LogP contribution is 2.20. The van der Waals surface area contributed by atoms with Crippen LogP contribution in [0.4, 0.5) is 0 Å². The average molecular weight is 1130 g/mol. The van der Waals surface area contributed by atoms with Gasteiger partial charge in [-0.2, -0.15) is 0 Å².